The first kappa shape index (κ1) is 19.4. The van der Waals surface area contributed by atoms with E-state index in [2.05, 4.69) is 5.32 Å². The van der Waals surface area contributed by atoms with E-state index in [0.717, 1.165) is 31.4 Å². The molecular formula is C23H26FN3O2. The molecule has 2 aromatic carbocycles. The fourth-order valence-corrected chi connectivity index (χ4v) is 4.41. The summed E-state index contributed by atoms with van der Waals surface area (Å²) in [6, 6.07) is 15.8. The first-order valence-corrected chi connectivity index (χ1v) is 10.2. The molecule has 6 heteroatoms. The Bertz CT molecular complexity index is 879. The zero-order valence-electron chi connectivity index (χ0n) is 16.4. The number of carbonyl (C=O) groups excluding carboxylic acids is 2. The van der Waals surface area contributed by atoms with E-state index in [-0.39, 0.29) is 23.2 Å². The van der Waals surface area contributed by atoms with Gasteiger partial charge in [0, 0.05) is 38.3 Å². The van der Waals surface area contributed by atoms with Crippen molar-refractivity contribution in [1.82, 2.24) is 9.80 Å². The van der Waals surface area contributed by atoms with Crippen LogP contribution < -0.4 is 5.32 Å². The van der Waals surface area contributed by atoms with Gasteiger partial charge in [0.25, 0.3) is 0 Å². The number of halogens is 1. The van der Waals surface area contributed by atoms with Crippen LogP contribution >= 0.6 is 0 Å². The van der Waals surface area contributed by atoms with Crippen LogP contribution in [0.4, 0.5) is 14.9 Å². The molecule has 0 aliphatic carbocycles. The number of anilines is 1. The lowest BCUT2D eigenvalue weighted by atomic mass is 9.72. The molecule has 152 valence electrons. The Labute approximate surface area is 170 Å². The largest absolute Gasteiger partial charge is 0.338 e. The average molecular weight is 395 g/mol. The van der Waals surface area contributed by atoms with Crippen LogP contribution in [0.1, 0.15) is 31.2 Å². The highest BCUT2D eigenvalue weighted by molar-refractivity contribution is 5.89. The van der Waals surface area contributed by atoms with E-state index in [1.54, 1.807) is 17.0 Å². The normalized spacial score (nSPS) is 18.7. The third-order valence-electron chi connectivity index (χ3n) is 6.15. The minimum absolute atomic E-state index is 0.0817. The lowest BCUT2D eigenvalue weighted by Crippen LogP contribution is -2.52. The number of urea groups is 1. The summed E-state index contributed by atoms with van der Waals surface area (Å²) in [5.74, 6) is -0.156. The summed E-state index contributed by atoms with van der Waals surface area (Å²) in [5, 5.41) is 2.77. The van der Waals surface area contributed by atoms with Gasteiger partial charge >= 0.3 is 6.03 Å². The first-order valence-electron chi connectivity index (χ1n) is 10.2. The summed E-state index contributed by atoms with van der Waals surface area (Å²) >= 11 is 0. The van der Waals surface area contributed by atoms with Crippen molar-refractivity contribution in [1.29, 1.82) is 0 Å². The van der Waals surface area contributed by atoms with Crippen molar-refractivity contribution in [2.24, 2.45) is 5.41 Å². The van der Waals surface area contributed by atoms with Crippen molar-refractivity contribution in [2.75, 3.05) is 25.0 Å². The van der Waals surface area contributed by atoms with Crippen molar-refractivity contribution in [3.8, 4) is 0 Å². The van der Waals surface area contributed by atoms with Crippen molar-refractivity contribution >= 4 is 17.6 Å². The van der Waals surface area contributed by atoms with Crippen LogP contribution in [0.3, 0.4) is 0 Å². The molecule has 0 aromatic heterocycles. The summed E-state index contributed by atoms with van der Waals surface area (Å²) < 4.78 is 13.3. The minimum atomic E-state index is -0.370. The summed E-state index contributed by atoms with van der Waals surface area (Å²) in [7, 11) is 0. The average Bonchev–Trinajstić information content (AvgIpc) is 2.72. The predicted molar refractivity (Wildman–Crippen MR) is 110 cm³/mol. The van der Waals surface area contributed by atoms with E-state index in [9.17, 15) is 14.0 Å². The Kier molecular flexibility index (Phi) is 5.51. The fraction of sp³-hybridized carbons (Fsp3) is 0.391. The molecule has 2 heterocycles. The van der Waals surface area contributed by atoms with Crippen molar-refractivity contribution in [3.63, 3.8) is 0 Å². The van der Waals surface area contributed by atoms with Crippen LogP contribution in [0.25, 0.3) is 0 Å². The summed E-state index contributed by atoms with van der Waals surface area (Å²) in [6.45, 7) is 2.69. The Morgan fingerprint density at radius 2 is 1.79 bits per heavy atom. The molecular weight excluding hydrogens is 369 g/mol. The number of piperidine rings is 2. The summed E-state index contributed by atoms with van der Waals surface area (Å²) in [4.78, 5) is 28.7. The van der Waals surface area contributed by atoms with Gasteiger partial charge in [-0.1, -0.05) is 36.4 Å². The Morgan fingerprint density at radius 3 is 2.52 bits per heavy atom. The highest BCUT2D eigenvalue weighted by atomic mass is 19.1. The van der Waals surface area contributed by atoms with Gasteiger partial charge in [-0.3, -0.25) is 4.79 Å². The van der Waals surface area contributed by atoms with Crippen molar-refractivity contribution in [3.05, 3.63) is 66.0 Å². The van der Waals surface area contributed by atoms with Crippen LogP contribution in [-0.2, 0) is 11.3 Å². The molecule has 0 saturated carbocycles. The van der Waals surface area contributed by atoms with Gasteiger partial charge in [0.2, 0.25) is 5.91 Å². The van der Waals surface area contributed by atoms with E-state index in [4.69, 9.17) is 0 Å². The number of rotatable bonds is 3. The fourth-order valence-electron chi connectivity index (χ4n) is 4.41. The quantitative estimate of drug-likeness (QED) is 0.844. The molecule has 0 unspecified atom stereocenters. The van der Waals surface area contributed by atoms with Gasteiger partial charge in [0.1, 0.15) is 5.82 Å². The van der Waals surface area contributed by atoms with Crippen LogP contribution in [0.15, 0.2) is 54.6 Å². The Morgan fingerprint density at radius 1 is 1.03 bits per heavy atom. The monoisotopic (exact) mass is 395 g/mol. The number of benzene rings is 2. The predicted octanol–water partition coefficient (Wildman–Crippen LogP) is 4.26. The van der Waals surface area contributed by atoms with Crippen LogP contribution in [0, 0.1) is 11.2 Å². The second kappa shape index (κ2) is 8.23. The highest BCUT2D eigenvalue weighted by Crippen LogP contribution is 2.40. The highest BCUT2D eigenvalue weighted by Gasteiger charge is 2.41. The van der Waals surface area contributed by atoms with Gasteiger partial charge in [-0.2, -0.15) is 0 Å². The molecule has 0 radical (unpaired) electrons. The third-order valence-corrected chi connectivity index (χ3v) is 6.15. The number of carbonyl (C=O) groups is 2. The van der Waals surface area contributed by atoms with Crippen LogP contribution in [0.5, 0.6) is 0 Å². The molecule has 2 aliphatic heterocycles. The molecule has 1 N–H and O–H groups in total. The molecule has 2 fully saturated rings. The molecule has 2 saturated heterocycles. The maximum Gasteiger partial charge on any atom is 0.321 e. The second-order valence-corrected chi connectivity index (χ2v) is 8.16. The van der Waals surface area contributed by atoms with E-state index < -0.39 is 0 Å². The number of likely N-dealkylation sites (tertiary alicyclic amines) is 2. The van der Waals surface area contributed by atoms with Gasteiger partial charge in [0.05, 0.1) is 0 Å². The molecule has 1 spiro atoms. The third kappa shape index (κ3) is 4.58. The molecule has 0 bridgehead atoms. The van der Waals surface area contributed by atoms with Gasteiger partial charge in [-0.25, -0.2) is 9.18 Å². The van der Waals surface area contributed by atoms with Gasteiger partial charge < -0.3 is 15.1 Å². The lowest BCUT2D eigenvalue weighted by molar-refractivity contribution is -0.139. The van der Waals surface area contributed by atoms with Crippen LogP contribution in [-0.4, -0.2) is 41.4 Å². The van der Waals surface area contributed by atoms with Gasteiger partial charge in [-0.15, -0.1) is 0 Å². The maximum atomic E-state index is 13.3. The van der Waals surface area contributed by atoms with Crippen LogP contribution in [0.2, 0.25) is 0 Å². The summed E-state index contributed by atoms with van der Waals surface area (Å²) in [6.07, 6.45) is 3.21. The Hall–Kier alpha value is -2.89. The molecule has 5 nitrogen and oxygen atoms in total. The van der Waals surface area contributed by atoms with Crippen molar-refractivity contribution < 1.29 is 14.0 Å². The second-order valence-electron chi connectivity index (χ2n) is 8.16. The number of nitrogens with zero attached hydrogens (tertiary/aromatic N) is 2. The zero-order valence-corrected chi connectivity index (χ0v) is 16.4. The molecule has 2 aliphatic rings. The Balaban J connectivity index is 1.35. The van der Waals surface area contributed by atoms with E-state index in [1.165, 1.54) is 12.1 Å². The molecule has 3 amide bonds. The topological polar surface area (TPSA) is 52.7 Å². The summed E-state index contributed by atoms with van der Waals surface area (Å²) in [5.41, 5.74) is 1.69. The van der Waals surface area contributed by atoms with Crippen molar-refractivity contribution in [2.45, 2.75) is 32.2 Å². The maximum absolute atomic E-state index is 13.3. The molecule has 0 atom stereocenters. The zero-order chi connectivity index (χ0) is 20.3. The first-order chi connectivity index (χ1) is 14.0. The molecule has 4 rings (SSSR count). The smallest absolute Gasteiger partial charge is 0.321 e. The minimum Gasteiger partial charge on any atom is -0.338 e. The molecule has 2 aromatic rings. The lowest BCUT2D eigenvalue weighted by Gasteiger charge is -2.47. The van der Waals surface area contributed by atoms with E-state index in [0.29, 0.717) is 31.7 Å². The van der Waals surface area contributed by atoms with E-state index >= 15 is 0 Å². The number of hydrogen-bond acceptors (Lipinski definition) is 2. The number of amides is 3. The number of hydrogen-bond donors (Lipinski definition) is 1. The van der Waals surface area contributed by atoms with E-state index in [1.807, 2.05) is 35.2 Å². The number of nitrogens with one attached hydrogen (secondary N) is 1. The molecule has 29 heavy (non-hydrogen) atoms. The SMILES string of the molecule is O=C1CCC2(CCN(C(=O)Nc3cccc(F)c3)CC2)CN1Cc1ccccc1. The van der Waals surface area contributed by atoms with Gasteiger partial charge in [0.15, 0.2) is 0 Å². The standard InChI is InChI=1S/C23H26FN3O2/c24-19-7-4-8-20(15-19)25-22(29)26-13-11-23(12-14-26)10-9-21(28)27(17-23)16-18-5-2-1-3-6-18/h1-8,15H,9-14,16-17H2,(H,25,29). The van der Waals surface area contributed by atoms with Gasteiger partial charge in [-0.05, 0) is 48.4 Å².